The lowest BCUT2D eigenvalue weighted by Crippen LogP contribution is -2.09. The molecule has 20 heavy (non-hydrogen) atoms. The van der Waals surface area contributed by atoms with Gasteiger partial charge in [-0.15, -0.1) is 11.8 Å². The van der Waals surface area contributed by atoms with E-state index < -0.39 is 0 Å². The van der Waals surface area contributed by atoms with Crippen molar-refractivity contribution in [2.75, 3.05) is 5.32 Å². The van der Waals surface area contributed by atoms with E-state index in [0.717, 1.165) is 5.69 Å². The van der Waals surface area contributed by atoms with Gasteiger partial charge in [-0.3, -0.25) is 4.79 Å². The first-order chi connectivity index (χ1) is 9.79. The van der Waals surface area contributed by atoms with Gasteiger partial charge in [-0.1, -0.05) is 43.2 Å². The average molecular weight is 287 g/mol. The van der Waals surface area contributed by atoms with Gasteiger partial charge in [0, 0.05) is 16.2 Å². The van der Waals surface area contributed by atoms with E-state index >= 15 is 0 Å². The molecular weight excluding hydrogens is 266 g/mol. The van der Waals surface area contributed by atoms with Crippen LogP contribution >= 0.6 is 11.8 Å². The van der Waals surface area contributed by atoms with Gasteiger partial charge < -0.3 is 5.32 Å². The molecule has 0 atom stereocenters. The van der Waals surface area contributed by atoms with Crippen LogP contribution in [0.4, 0.5) is 5.69 Å². The second kappa shape index (κ2) is 7.95. The number of carbonyl (C=O) groups is 1. The van der Waals surface area contributed by atoms with Crippen molar-refractivity contribution >= 4 is 23.4 Å². The quantitative estimate of drug-likeness (QED) is 0.623. The predicted octanol–water partition coefficient (Wildman–Crippen LogP) is 4.79. The third kappa shape index (κ3) is 4.57. The third-order valence-corrected chi connectivity index (χ3v) is 4.71. The lowest BCUT2D eigenvalue weighted by molar-refractivity contribution is -0.111. The number of benzene rings is 1. The highest BCUT2D eigenvalue weighted by atomic mass is 32.2. The summed E-state index contributed by atoms with van der Waals surface area (Å²) in [5, 5.41) is 3.66. The lowest BCUT2D eigenvalue weighted by atomic mass is 10.3. The number of hydrogen-bond donors (Lipinski definition) is 1. The summed E-state index contributed by atoms with van der Waals surface area (Å²) >= 11 is 1.90. The molecule has 106 valence electrons. The second-order valence-corrected chi connectivity index (χ2v) is 6.24. The van der Waals surface area contributed by atoms with Crippen molar-refractivity contribution < 1.29 is 4.79 Å². The van der Waals surface area contributed by atoms with Gasteiger partial charge in [0.15, 0.2) is 0 Å². The summed E-state index contributed by atoms with van der Waals surface area (Å²) in [5.74, 6) is -0.0810. The fourth-order valence-electron chi connectivity index (χ4n) is 2.29. The molecule has 0 radical (unpaired) electrons. The van der Waals surface area contributed by atoms with Crippen molar-refractivity contribution in [2.45, 2.75) is 42.8 Å². The number of amides is 1. The lowest BCUT2D eigenvalue weighted by Gasteiger charge is -2.13. The fourth-order valence-corrected chi connectivity index (χ4v) is 3.62. The van der Waals surface area contributed by atoms with Gasteiger partial charge in [0.2, 0.25) is 5.91 Å². The Labute approximate surface area is 125 Å². The van der Waals surface area contributed by atoms with E-state index in [0.29, 0.717) is 5.25 Å². The molecule has 1 saturated carbocycles. The van der Waals surface area contributed by atoms with Crippen molar-refractivity contribution in [1.29, 1.82) is 0 Å². The fraction of sp³-hybridized carbons (Fsp3) is 0.353. The van der Waals surface area contributed by atoms with Crippen LogP contribution in [0.25, 0.3) is 0 Å². The summed E-state index contributed by atoms with van der Waals surface area (Å²) in [4.78, 5) is 13.0. The minimum Gasteiger partial charge on any atom is -0.321 e. The molecule has 0 aromatic heterocycles. The van der Waals surface area contributed by atoms with Crippen molar-refractivity contribution in [1.82, 2.24) is 0 Å². The number of carbonyl (C=O) groups excluding carboxylic acids is 1. The Bertz CT molecular complexity index is 501. The van der Waals surface area contributed by atoms with Crippen LogP contribution in [0.1, 0.15) is 32.6 Å². The number of rotatable bonds is 5. The number of thioether (sulfide) groups is 1. The van der Waals surface area contributed by atoms with E-state index in [1.54, 1.807) is 12.2 Å². The van der Waals surface area contributed by atoms with Crippen LogP contribution in [-0.2, 0) is 4.79 Å². The number of allylic oxidation sites excluding steroid dienone is 3. The maximum absolute atomic E-state index is 11.8. The molecule has 2 rings (SSSR count). The summed E-state index contributed by atoms with van der Waals surface area (Å²) in [6.07, 6.45) is 12.3. The molecule has 1 aromatic carbocycles. The molecule has 3 heteroatoms. The Morgan fingerprint density at radius 3 is 2.75 bits per heavy atom. The summed E-state index contributed by atoms with van der Waals surface area (Å²) in [7, 11) is 0. The van der Waals surface area contributed by atoms with Gasteiger partial charge in [-0.25, -0.2) is 0 Å². The van der Waals surface area contributed by atoms with E-state index in [-0.39, 0.29) is 5.91 Å². The molecular formula is C17H21NOS. The summed E-state index contributed by atoms with van der Waals surface area (Å²) in [6, 6.07) is 8.06. The SMILES string of the molecule is C/C=C/C=C/C(=O)Nc1ccccc1SC1CCCC1. The van der Waals surface area contributed by atoms with Crippen LogP contribution in [0.3, 0.4) is 0 Å². The van der Waals surface area contributed by atoms with E-state index in [4.69, 9.17) is 0 Å². The molecule has 0 heterocycles. The minimum absolute atomic E-state index is 0.0810. The number of para-hydroxylation sites is 1. The first-order valence-corrected chi connectivity index (χ1v) is 8.03. The molecule has 0 saturated heterocycles. The minimum atomic E-state index is -0.0810. The van der Waals surface area contributed by atoms with Gasteiger partial charge >= 0.3 is 0 Å². The Balaban J connectivity index is 2.01. The van der Waals surface area contributed by atoms with Crippen LogP contribution < -0.4 is 5.32 Å². The normalized spacial score (nSPS) is 16.2. The van der Waals surface area contributed by atoms with Crippen LogP contribution in [0.2, 0.25) is 0 Å². The maximum atomic E-state index is 11.8. The Hall–Kier alpha value is -1.48. The van der Waals surface area contributed by atoms with E-state index in [9.17, 15) is 4.79 Å². The predicted molar refractivity (Wildman–Crippen MR) is 87.1 cm³/mol. The van der Waals surface area contributed by atoms with Gasteiger partial charge in [0.1, 0.15) is 0 Å². The molecule has 1 N–H and O–H groups in total. The zero-order valence-corrected chi connectivity index (χ0v) is 12.7. The summed E-state index contributed by atoms with van der Waals surface area (Å²) in [5.41, 5.74) is 0.916. The van der Waals surface area contributed by atoms with Gasteiger partial charge in [-0.2, -0.15) is 0 Å². The van der Waals surface area contributed by atoms with Crippen molar-refractivity contribution in [3.05, 3.63) is 48.6 Å². The van der Waals surface area contributed by atoms with Gasteiger partial charge in [0.25, 0.3) is 0 Å². The largest absolute Gasteiger partial charge is 0.321 e. The van der Waals surface area contributed by atoms with Crippen LogP contribution in [0.5, 0.6) is 0 Å². The van der Waals surface area contributed by atoms with Crippen LogP contribution in [-0.4, -0.2) is 11.2 Å². The van der Waals surface area contributed by atoms with Crippen molar-refractivity contribution in [3.8, 4) is 0 Å². The van der Waals surface area contributed by atoms with E-state index in [2.05, 4.69) is 11.4 Å². The monoisotopic (exact) mass is 287 g/mol. The standard InChI is InChI=1S/C17H21NOS/c1-2-3-4-13-17(19)18-15-11-7-8-12-16(15)20-14-9-5-6-10-14/h2-4,7-8,11-14H,5-6,9-10H2,1H3,(H,18,19)/b3-2+,13-4+. The third-order valence-electron chi connectivity index (χ3n) is 3.29. The van der Waals surface area contributed by atoms with Gasteiger partial charge in [0.05, 0.1) is 5.69 Å². The molecule has 0 aliphatic heterocycles. The first-order valence-electron chi connectivity index (χ1n) is 7.15. The Morgan fingerprint density at radius 1 is 1.25 bits per heavy atom. The highest BCUT2D eigenvalue weighted by Crippen LogP contribution is 2.37. The zero-order valence-electron chi connectivity index (χ0n) is 11.8. The molecule has 2 nitrogen and oxygen atoms in total. The molecule has 1 fully saturated rings. The molecule has 0 unspecified atom stereocenters. The molecule has 1 amide bonds. The van der Waals surface area contributed by atoms with Crippen LogP contribution in [0, 0.1) is 0 Å². The second-order valence-electron chi connectivity index (χ2n) is 4.89. The molecule has 0 spiro atoms. The summed E-state index contributed by atoms with van der Waals surface area (Å²) in [6.45, 7) is 1.93. The highest BCUT2D eigenvalue weighted by molar-refractivity contribution is 8.00. The highest BCUT2D eigenvalue weighted by Gasteiger charge is 2.17. The molecule has 0 bridgehead atoms. The van der Waals surface area contributed by atoms with Crippen LogP contribution in [0.15, 0.2) is 53.5 Å². The smallest absolute Gasteiger partial charge is 0.248 e. The summed E-state index contributed by atoms with van der Waals surface area (Å²) < 4.78 is 0. The van der Waals surface area contributed by atoms with E-state index in [1.165, 1.54) is 30.6 Å². The average Bonchev–Trinajstić information content (AvgIpc) is 2.94. The molecule has 1 aliphatic carbocycles. The number of anilines is 1. The topological polar surface area (TPSA) is 29.1 Å². The molecule has 1 aliphatic rings. The number of nitrogens with one attached hydrogen (secondary N) is 1. The Morgan fingerprint density at radius 2 is 2.00 bits per heavy atom. The zero-order chi connectivity index (χ0) is 14.2. The van der Waals surface area contributed by atoms with Crippen molar-refractivity contribution in [2.24, 2.45) is 0 Å². The van der Waals surface area contributed by atoms with Gasteiger partial charge in [-0.05, 0) is 31.9 Å². The first kappa shape index (κ1) is 14.9. The van der Waals surface area contributed by atoms with E-state index in [1.807, 2.05) is 49.0 Å². The number of hydrogen-bond acceptors (Lipinski definition) is 2. The molecule has 1 aromatic rings. The Kier molecular flexibility index (Phi) is 5.93. The van der Waals surface area contributed by atoms with Crippen molar-refractivity contribution in [3.63, 3.8) is 0 Å². The maximum Gasteiger partial charge on any atom is 0.248 e.